The van der Waals surface area contributed by atoms with E-state index < -0.39 is 0 Å². The van der Waals surface area contributed by atoms with Gasteiger partial charge in [0, 0.05) is 12.2 Å². The van der Waals surface area contributed by atoms with Crippen molar-refractivity contribution in [1.29, 1.82) is 0 Å². The minimum absolute atomic E-state index is 0.178. The molecule has 1 aromatic carbocycles. The van der Waals surface area contributed by atoms with Crippen LogP contribution in [0.3, 0.4) is 0 Å². The highest BCUT2D eigenvalue weighted by atomic mass is 16.6. The van der Waals surface area contributed by atoms with E-state index in [1.165, 1.54) is 0 Å². The van der Waals surface area contributed by atoms with Gasteiger partial charge < -0.3 is 19.3 Å². The van der Waals surface area contributed by atoms with Crippen molar-refractivity contribution in [3.05, 3.63) is 23.8 Å². The maximum Gasteiger partial charge on any atom is 0.125 e. The van der Waals surface area contributed by atoms with Gasteiger partial charge in [-0.15, -0.1) is 0 Å². The van der Waals surface area contributed by atoms with Gasteiger partial charge in [0.15, 0.2) is 0 Å². The average Bonchev–Trinajstić information content (AvgIpc) is 3.16. The first-order valence-corrected chi connectivity index (χ1v) is 5.73. The van der Waals surface area contributed by atoms with Crippen molar-refractivity contribution < 1.29 is 19.3 Å². The third-order valence-electron chi connectivity index (χ3n) is 3.13. The van der Waals surface area contributed by atoms with Crippen LogP contribution in [0.25, 0.3) is 0 Å². The van der Waals surface area contributed by atoms with E-state index >= 15 is 0 Å². The normalized spacial score (nSPS) is 22.3. The fraction of sp³-hybridized carbons (Fsp3) is 0.538. The first-order valence-electron chi connectivity index (χ1n) is 5.73. The summed E-state index contributed by atoms with van der Waals surface area (Å²) in [4.78, 5) is 0. The van der Waals surface area contributed by atoms with Crippen LogP contribution in [0.2, 0.25) is 0 Å². The van der Waals surface area contributed by atoms with E-state index in [2.05, 4.69) is 0 Å². The van der Waals surface area contributed by atoms with Gasteiger partial charge in [-0.05, 0) is 31.0 Å². The molecular formula is C13H18O4. The van der Waals surface area contributed by atoms with Crippen molar-refractivity contribution in [3.8, 4) is 11.5 Å². The zero-order chi connectivity index (χ0) is 12.3. The molecule has 4 nitrogen and oxygen atoms in total. The summed E-state index contributed by atoms with van der Waals surface area (Å²) < 4.78 is 16.2. The van der Waals surface area contributed by atoms with Crippen molar-refractivity contribution in [3.63, 3.8) is 0 Å². The van der Waals surface area contributed by atoms with Crippen LogP contribution in [0.15, 0.2) is 18.2 Å². The number of ether oxygens (including phenoxy) is 3. The Balaban J connectivity index is 2.29. The predicted molar refractivity (Wildman–Crippen MR) is 63.5 cm³/mol. The summed E-state index contributed by atoms with van der Waals surface area (Å²) in [6.45, 7) is 0.855. The van der Waals surface area contributed by atoms with E-state index in [1.807, 2.05) is 18.2 Å². The summed E-state index contributed by atoms with van der Waals surface area (Å²) >= 11 is 0. The van der Waals surface area contributed by atoms with E-state index in [-0.39, 0.29) is 12.2 Å². The smallest absolute Gasteiger partial charge is 0.125 e. The van der Waals surface area contributed by atoms with Crippen molar-refractivity contribution >= 4 is 0 Å². The summed E-state index contributed by atoms with van der Waals surface area (Å²) in [7, 11) is 3.28. The Labute approximate surface area is 101 Å². The standard InChI is InChI=1S/C13H18O4/c1-15-10-4-5-12(16-2)11(8-10)13(9-17-13)6-3-7-14/h4-5,8,14H,3,6-7,9H2,1-2H3. The fourth-order valence-corrected chi connectivity index (χ4v) is 2.06. The van der Waals surface area contributed by atoms with Gasteiger partial charge in [0.05, 0.1) is 20.8 Å². The number of hydrogen-bond donors (Lipinski definition) is 1. The Bertz CT molecular complexity index is 385. The maximum absolute atomic E-state index is 8.92. The van der Waals surface area contributed by atoms with Gasteiger partial charge in [-0.1, -0.05) is 0 Å². The Morgan fingerprint density at radius 1 is 1.35 bits per heavy atom. The number of aliphatic hydroxyl groups excluding tert-OH is 1. The second kappa shape index (κ2) is 4.94. The van der Waals surface area contributed by atoms with Gasteiger partial charge in [-0.2, -0.15) is 0 Å². The summed E-state index contributed by atoms with van der Waals surface area (Å²) in [5.41, 5.74) is 0.718. The van der Waals surface area contributed by atoms with Crippen LogP contribution in [0.1, 0.15) is 18.4 Å². The lowest BCUT2D eigenvalue weighted by Crippen LogP contribution is -2.11. The highest BCUT2D eigenvalue weighted by Crippen LogP contribution is 2.47. The molecule has 1 fully saturated rings. The highest BCUT2D eigenvalue weighted by Gasteiger charge is 2.47. The summed E-state index contributed by atoms with van der Waals surface area (Å²) in [5, 5.41) is 8.92. The molecule has 0 amide bonds. The average molecular weight is 238 g/mol. The molecule has 4 heteroatoms. The lowest BCUT2D eigenvalue weighted by Gasteiger charge is -2.16. The van der Waals surface area contributed by atoms with E-state index in [0.29, 0.717) is 6.61 Å². The molecule has 1 heterocycles. The van der Waals surface area contributed by atoms with Crippen LogP contribution in [-0.4, -0.2) is 32.5 Å². The van der Waals surface area contributed by atoms with Gasteiger partial charge in [0.2, 0.25) is 0 Å². The molecule has 0 saturated carbocycles. The molecular weight excluding hydrogens is 220 g/mol. The van der Waals surface area contributed by atoms with E-state index in [0.717, 1.165) is 29.9 Å². The number of benzene rings is 1. The first-order chi connectivity index (χ1) is 8.25. The Hall–Kier alpha value is -1.26. The summed E-state index contributed by atoms with van der Waals surface area (Å²) in [6, 6.07) is 5.70. The Morgan fingerprint density at radius 3 is 2.65 bits per heavy atom. The predicted octanol–water partition coefficient (Wildman–Crippen LogP) is 1.70. The third kappa shape index (κ3) is 2.37. The second-order valence-electron chi connectivity index (χ2n) is 4.18. The zero-order valence-electron chi connectivity index (χ0n) is 10.2. The maximum atomic E-state index is 8.92. The van der Waals surface area contributed by atoms with Crippen LogP contribution >= 0.6 is 0 Å². The van der Waals surface area contributed by atoms with Gasteiger partial charge in [-0.3, -0.25) is 0 Å². The van der Waals surface area contributed by atoms with Gasteiger partial charge in [0.25, 0.3) is 0 Å². The number of methoxy groups -OCH3 is 2. The molecule has 1 saturated heterocycles. The van der Waals surface area contributed by atoms with Crippen LogP contribution in [-0.2, 0) is 10.3 Å². The minimum Gasteiger partial charge on any atom is -0.497 e. The van der Waals surface area contributed by atoms with Gasteiger partial charge in [0.1, 0.15) is 17.1 Å². The molecule has 17 heavy (non-hydrogen) atoms. The topological polar surface area (TPSA) is 51.2 Å². The SMILES string of the molecule is COc1ccc(OC)c(C2(CCCO)CO2)c1. The quantitative estimate of drug-likeness (QED) is 0.766. The van der Waals surface area contributed by atoms with E-state index in [1.54, 1.807) is 14.2 Å². The molecule has 0 radical (unpaired) electrons. The molecule has 1 aliphatic rings. The lowest BCUT2D eigenvalue weighted by atomic mass is 9.94. The number of rotatable bonds is 6. The van der Waals surface area contributed by atoms with Crippen LogP contribution < -0.4 is 9.47 Å². The molecule has 0 aromatic heterocycles. The molecule has 1 aliphatic heterocycles. The van der Waals surface area contributed by atoms with Crippen molar-refractivity contribution in [2.75, 3.05) is 27.4 Å². The molecule has 1 unspecified atom stereocenters. The molecule has 1 atom stereocenters. The second-order valence-corrected chi connectivity index (χ2v) is 4.18. The van der Waals surface area contributed by atoms with Crippen LogP contribution in [0, 0.1) is 0 Å². The van der Waals surface area contributed by atoms with Crippen molar-refractivity contribution in [1.82, 2.24) is 0 Å². The monoisotopic (exact) mass is 238 g/mol. The van der Waals surface area contributed by atoms with Gasteiger partial charge in [-0.25, -0.2) is 0 Å². The molecule has 0 spiro atoms. The van der Waals surface area contributed by atoms with Crippen molar-refractivity contribution in [2.24, 2.45) is 0 Å². The Morgan fingerprint density at radius 2 is 2.12 bits per heavy atom. The van der Waals surface area contributed by atoms with Gasteiger partial charge >= 0.3 is 0 Å². The summed E-state index contributed by atoms with van der Waals surface area (Å²) in [6.07, 6.45) is 1.52. The summed E-state index contributed by atoms with van der Waals surface area (Å²) in [5.74, 6) is 1.60. The number of epoxide rings is 1. The zero-order valence-corrected chi connectivity index (χ0v) is 10.2. The fourth-order valence-electron chi connectivity index (χ4n) is 2.06. The van der Waals surface area contributed by atoms with Crippen LogP contribution in [0.4, 0.5) is 0 Å². The molecule has 1 N–H and O–H groups in total. The van der Waals surface area contributed by atoms with Crippen LogP contribution in [0.5, 0.6) is 11.5 Å². The molecule has 0 bridgehead atoms. The largest absolute Gasteiger partial charge is 0.497 e. The number of aliphatic hydroxyl groups is 1. The third-order valence-corrected chi connectivity index (χ3v) is 3.13. The van der Waals surface area contributed by atoms with E-state index in [4.69, 9.17) is 19.3 Å². The highest BCUT2D eigenvalue weighted by molar-refractivity contribution is 5.45. The molecule has 0 aliphatic carbocycles. The number of hydrogen-bond acceptors (Lipinski definition) is 4. The first kappa shape index (κ1) is 12.2. The lowest BCUT2D eigenvalue weighted by molar-refractivity contribution is 0.235. The Kier molecular flexibility index (Phi) is 3.54. The molecule has 94 valence electrons. The van der Waals surface area contributed by atoms with E-state index in [9.17, 15) is 0 Å². The molecule has 2 rings (SSSR count). The minimum atomic E-state index is -0.289. The van der Waals surface area contributed by atoms with Crippen molar-refractivity contribution in [2.45, 2.75) is 18.4 Å². The molecule has 1 aromatic rings.